The molecule has 1 fully saturated rings. The van der Waals surface area contributed by atoms with Crippen LogP contribution < -0.4 is 5.46 Å². The molecule has 1 N–H and O–H groups in total. The summed E-state index contributed by atoms with van der Waals surface area (Å²) < 4.78 is 49.8. The van der Waals surface area contributed by atoms with E-state index in [0.29, 0.717) is 5.46 Å². The summed E-state index contributed by atoms with van der Waals surface area (Å²) in [7, 11) is -0.759. The Hall–Kier alpha value is -1.05. The topological polar surface area (TPSA) is 38.7 Å². The van der Waals surface area contributed by atoms with Gasteiger partial charge < -0.3 is 14.4 Å². The van der Waals surface area contributed by atoms with Crippen molar-refractivity contribution in [1.29, 1.82) is 0 Å². The molecule has 1 aromatic carbocycles. The maximum Gasteiger partial charge on any atom is 0.495 e. The fourth-order valence-corrected chi connectivity index (χ4v) is 2.24. The second kappa shape index (κ2) is 5.25. The number of aryl methyl sites for hydroxylation is 1. The minimum Gasteiger partial charge on any atom is -0.399 e. The number of aliphatic hydroxyl groups excluding tert-OH is 1. The van der Waals surface area contributed by atoms with Crippen LogP contribution in [0.3, 0.4) is 0 Å². The van der Waals surface area contributed by atoms with E-state index in [9.17, 15) is 18.3 Å². The minimum absolute atomic E-state index is 0.220. The number of rotatable bonds is 2. The average molecular weight is 316 g/mol. The van der Waals surface area contributed by atoms with Gasteiger partial charge >= 0.3 is 13.3 Å². The molecule has 0 radical (unpaired) electrons. The fraction of sp³-hybridized carbons (Fsp3) is 0.600. The first-order valence-corrected chi connectivity index (χ1v) is 7.06. The van der Waals surface area contributed by atoms with E-state index < -0.39 is 30.6 Å². The molecule has 1 aliphatic heterocycles. The first kappa shape index (κ1) is 17.3. The van der Waals surface area contributed by atoms with Gasteiger partial charge in [-0.25, -0.2) is 0 Å². The summed E-state index contributed by atoms with van der Waals surface area (Å²) in [5, 5.41) is 9.41. The highest BCUT2D eigenvalue weighted by Gasteiger charge is 2.52. The molecule has 122 valence electrons. The predicted molar refractivity (Wildman–Crippen MR) is 77.9 cm³/mol. The predicted octanol–water partition coefficient (Wildman–Crippen LogP) is 2.89. The van der Waals surface area contributed by atoms with Crippen LogP contribution in [0.5, 0.6) is 0 Å². The van der Waals surface area contributed by atoms with Crippen molar-refractivity contribution in [3.05, 3.63) is 29.3 Å². The van der Waals surface area contributed by atoms with Gasteiger partial charge in [-0.15, -0.1) is 0 Å². The number of hydrogen-bond acceptors (Lipinski definition) is 3. The van der Waals surface area contributed by atoms with E-state index in [4.69, 9.17) is 9.31 Å². The molecule has 1 aliphatic rings. The summed E-state index contributed by atoms with van der Waals surface area (Å²) in [6, 6.07) is 4.10. The molecular weight excluding hydrogens is 296 g/mol. The molecule has 1 heterocycles. The number of benzene rings is 1. The van der Waals surface area contributed by atoms with Crippen LogP contribution in [0.1, 0.15) is 44.9 Å². The fourth-order valence-electron chi connectivity index (χ4n) is 2.24. The second-order valence-electron chi connectivity index (χ2n) is 6.65. The molecule has 0 aromatic heterocycles. The normalized spacial score (nSPS) is 22.0. The summed E-state index contributed by atoms with van der Waals surface area (Å²) in [5.41, 5.74) is -0.134. The SMILES string of the molecule is Cc1ccc(C(O)C(F)(F)F)cc1B1OC(C)(C)C(C)(C)O1. The van der Waals surface area contributed by atoms with Crippen molar-refractivity contribution in [1.82, 2.24) is 0 Å². The minimum atomic E-state index is -4.71. The molecule has 0 aliphatic carbocycles. The van der Waals surface area contributed by atoms with Crippen LogP contribution in [0.25, 0.3) is 0 Å². The number of hydrogen-bond donors (Lipinski definition) is 1. The lowest BCUT2D eigenvalue weighted by Gasteiger charge is -2.32. The summed E-state index contributed by atoms with van der Waals surface area (Å²) in [6.45, 7) is 9.26. The van der Waals surface area contributed by atoms with Gasteiger partial charge in [-0.3, -0.25) is 0 Å². The third-order valence-electron chi connectivity index (χ3n) is 4.44. The number of alkyl halides is 3. The molecule has 1 unspecified atom stereocenters. The third kappa shape index (κ3) is 3.02. The Bertz CT molecular complexity index is 554. The summed E-state index contributed by atoms with van der Waals surface area (Å²) >= 11 is 0. The van der Waals surface area contributed by atoms with Crippen molar-refractivity contribution in [3.63, 3.8) is 0 Å². The number of halogens is 3. The van der Waals surface area contributed by atoms with Gasteiger partial charge in [0.15, 0.2) is 6.10 Å². The van der Waals surface area contributed by atoms with Gasteiger partial charge in [0.2, 0.25) is 0 Å². The maximum absolute atomic E-state index is 12.7. The van der Waals surface area contributed by atoms with Gasteiger partial charge in [0, 0.05) is 0 Å². The van der Waals surface area contributed by atoms with Gasteiger partial charge in [-0.1, -0.05) is 23.8 Å². The Morgan fingerprint density at radius 2 is 1.59 bits per heavy atom. The van der Waals surface area contributed by atoms with Crippen molar-refractivity contribution in [3.8, 4) is 0 Å². The van der Waals surface area contributed by atoms with Crippen LogP contribution in [-0.4, -0.2) is 29.6 Å². The molecule has 22 heavy (non-hydrogen) atoms. The first-order chi connectivity index (χ1) is 9.85. The Kier molecular flexibility index (Phi) is 4.13. The van der Waals surface area contributed by atoms with E-state index in [0.717, 1.165) is 5.56 Å². The summed E-state index contributed by atoms with van der Waals surface area (Å²) in [4.78, 5) is 0. The van der Waals surface area contributed by atoms with Crippen molar-refractivity contribution in [2.75, 3.05) is 0 Å². The molecule has 2 rings (SSSR count). The number of aliphatic hydroxyl groups is 1. The lowest BCUT2D eigenvalue weighted by atomic mass is 9.75. The Morgan fingerprint density at radius 1 is 1.09 bits per heavy atom. The molecule has 0 spiro atoms. The lowest BCUT2D eigenvalue weighted by Crippen LogP contribution is -2.41. The zero-order valence-corrected chi connectivity index (χ0v) is 13.3. The highest BCUT2D eigenvalue weighted by atomic mass is 19.4. The third-order valence-corrected chi connectivity index (χ3v) is 4.44. The van der Waals surface area contributed by atoms with Crippen LogP contribution in [0.2, 0.25) is 0 Å². The van der Waals surface area contributed by atoms with Crippen molar-refractivity contribution in [2.45, 2.75) is 58.1 Å². The standard InChI is InChI=1S/C15H20BF3O3/c1-9-6-7-10(12(20)15(17,18)19)8-11(9)16-21-13(2,3)14(4,5)22-16/h6-8,12,20H,1-5H3. The van der Waals surface area contributed by atoms with Crippen LogP contribution in [0.15, 0.2) is 18.2 Å². The monoisotopic (exact) mass is 316 g/mol. The largest absolute Gasteiger partial charge is 0.495 e. The summed E-state index contributed by atoms with van der Waals surface area (Å²) in [6.07, 6.45) is -7.23. The van der Waals surface area contributed by atoms with Gasteiger partial charge in [0.05, 0.1) is 11.2 Å². The second-order valence-corrected chi connectivity index (χ2v) is 6.65. The van der Waals surface area contributed by atoms with Crippen molar-refractivity contribution < 1.29 is 27.6 Å². The van der Waals surface area contributed by atoms with Gasteiger partial charge in [0.1, 0.15) is 0 Å². The Morgan fingerprint density at radius 3 is 2.05 bits per heavy atom. The van der Waals surface area contributed by atoms with Crippen LogP contribution in [-0.2, 0) is 9.31 Å². The average Bonchev–Trinajstić information content (AvgIpc) is 2.57. The maximum atomic E-state index is 12.7. The van der Waals surface area contributed by atoms with E-state index in [1.807, 2.05) is 27.7 Å². The molecule has 0 amide bonds. The van der Waals surface area contributed by atoms with E-state index in [1.54, 1.807) is 6.92 Å². The van der Waals surface area contributed by atoms with Gasteiger partial charge in [0.25, 0.3) is 0 Å². The van der Waals surface area contributed by atoms with E-state index in [2.05, 4.69) is 0 Å². The quantitative estimate of drug-likeness (QED) is 0.853. The molecular formula is C15H20BF3O3. The molecule has 7 heteroatoms. The highest BCUT2D eigenvalue weighted by Crippen LogP contribution is 2.37. The smallest absolute Gasteiger partial charge is 0.399 e. The highest BCUT2D eigenvalue weighted by molar-refractivity contribution is 6.62. The molecule has 1 saturated heterocycles. The lowest BCUT2D eigenvalue weighted by molar-refractivity contribution is -0.206. The molecule has 3 nitrogen and oxygen atoms in total. The summed E-state index contributed by atoms with van der Waals surface area (Å²) in [5.74, 6) is 0. The zero-order valence-electron chi connectivity index (χ0n) is 13.3. The molecule has 1 atom stereocenters. The van der Waals surface area contributed by atoms with Gasteiger partial charge in [-0.2, -0.15) is 13.2 Å². The van der Waals surface area contributed by atoms with Gasteiger partial charge in [-0.05, 0) is 45.6 Å². The molecule has 0 saturated carbocycles. The van der Waals surface area contributed by atoms with E-state index in [1.165, 1.54) is 18.2 Å². The Labute approximate surface area is 128 Å². The Balaban J connectivity index is 2.37. The zero-order chi connectivity index (χ0) is 16.9. The van der Waals surface area contributed by atoms with Crippen molar-refractivity contribution >= 4 is 12.6 Å². The van der Waals surface area contributed by atoms with Crippen LogP contribution >= 0.6 is 0 Å². The molecule has 0 bridgehead atoms. The van der Waals surface area contributed by atoms with Crippen LogP contribution in [0.4, 0.5) is 13.2 Å². The molecule has 1 aromatic rings. The van der Waals surface area contributed by atoms with Crippen LogP contribution in [0, 0.1) is 6.92 Å². The van der Waals surface area contributed by atoms with Crippen molar-refractivity contribution in [2.24, 2.45) is 0 Å². The van der Waals surface area contributed by atoms with E-state index >= 15 is 0 Å². The van der Waals surface area contributed by atoms with E-state index in [-0.39, 0.29) is 5.56 Å². The first-order valence-electron chi connectivity index (χ1n) is 7.06.